The summed E-state index contributed by atoms with van der Waals surface area (Å²) in [5.41, 5.74) is 2.41. The molecule has 0 bridgehead atoms. The van der Waals surface area contributed by atoms with Gasteiger partial charge in [-0.15, -0.1) is 0 Å². The lowest BCUT2D eigenvalue weighted by atomic mass is 9.85. The molecule has 2 N–H and O–H groups in total. The Kier molecular flexibility index (Phi) is 7.84. The monoisotopic (exact) mass is 515 g/mol. The highest BCUT2D eigenvalue weighted by Gasteiger charge is 2.30. The number of carbonyl (C=O) groups is 1. The number of benzene rings is 2. The van der Waals surface area contributed by atoms with E-state index in [9.17, 15) is 17.6 Å². The predicted molar refractivity (Wildman–Crippen MR) is 134 cm³/mol. The smallest absolute Gasteiger partial charge is 0.240 e. The molecular formula is C26H27ClFN3O3S. The zero-order valence-corrected chi connectivity index (χ0v) is 20.8. The van der Waals surface area contributed by atoms with Crippen molar-refractivity contribution >= 4 is 27.5 Å². The summed E-state index contributed by atoms with van der Waals surface area (Å²) in [6.07, 6.45) is 5.58. The molecule has 1 saturated carbocycles. The highest BCUT2D eigenvalue weighted by Crippen LogP contribution is 2.31. The van der Waals surface area contributed by atoms with E-state index in [0.717, 1.165) is 16.7 Å². The fourth-order valence-corrected chi connectivity index (χ4v) is 6.04. The topological polar surface area (TPSA) is 88.2 Å². The number of hydrogen-bond donors (Lipinski definition) is 2. The van der Waals surface area contributed by atoms with Crippen LogP contribution in [0.2, 0.25) is 5.02 Å². The number of hydrogen-bond acceptors (Lipinski definition) is 4. The Balaban J connectivity index is 1.33. The summed E-state index contributed by atoms with van der Waals surface area (Å²) in [4.78, 5) is 16.8. The zero-order chi connectivity index (χ0) is 25.0. The van der Waals surface area contributed by atoms with Gasteiger partial charge in [-0.05, 0) is 80.1 Å². The van der Waals surface area contributed by atoms with E-state index < -0.39 is 10.0 Å². The van der Waals surface area contributed by atoms with Crippen LogP contribution in [0.25, 0.3) is 11.1 Å². The first kappa shape index (κ1) is 25.3. The average Bonchev–Trinajstić information content (AvgIpc) is 2.85. The molecule has 184 valence electrons. The van der Waals surface area contributed by atoms with Crippen LogP contribution in [-0.4, -0.2) is 25.4 Å². The number of aromatic nitrogens is 1. The van der Waals surface area contributed by atoms with Crippen LogP contribution in [0.15, 0.2) is 71.9 Å². The largest absolute Gasteiger partial charge is 0.349 e. The van der Waals surface area contributed by atoms with Gasteiger partial charge in [-0.1, -0.05) is 29.8 Å². The number of pyridine rings is 1. The first-order valence-corrected chi connectivity index (χ1v) is 13.4. The molecule has 1 amide bonds. The van der Waals surface area contributed by atoms with Crippen molar-refractivity contribution in [2.45, 2.75) is 49.6 Å². The molecule has 1 aliphatic rings. The van der Waals surface area contributed by atoms with Crippen LogP contribution in [0.4, 0.5) is 4.39 Å². The Bertz CT molecular complexity index is 1280. The molecule has 0 spiro atoms. The molecule has 0 unspecified atom stereocenters. The first-order chi connectivity index (χ1) is 16.7. The number of sulfonamides is 1. The van der Waals surface area contributed by atoms with Crippen LogP contribution in [0, 0.1) is 11.7 Å². The average molecular weight is 516 g/mol. The third kappa shape index (κ3) is 6.25. The van der Waals surface area contributed by atoms with E-state index in [2.05, 4.69) is 15.0 Å². The van der Waals surface area contributed by atoms with Gasteiger partial charge in [0.25, 0.3) is 0 Å². The highest BCUT2D eigenvalue weighted by molar-refractivity contribution is 7.89. The maximum atomic E-state index is 13.1. The quantitative estimate of drug-likeness (QED) is 0.449. The summed E-state index contributed by atoms with van der Waals surface area (Å²) >= 11 is 6.38. The number of carbonyl (C=O) groups excluding carboxylic acids is 1. The van der Waals surface area contributed by atoms with Crippen molar-refractivity contribution < 1.29 is 17.6 Å². The fourth-order valence-electron chi connectivity index (χ4n) is 4.36. The van der Waals surface area contributed by atoms with E-state index in [4.69, 9.17) is 11.6 Å². The van der Waals surface area contributed by atoms with Gasteiger partial charge in [0.05, 0.1) is 10.9 Å². The number of nitrogens with zero attached hydrogens (tertiary/aromatic N) is 1. The third-order valence-electron chi connectivity index (χ3n) is 6.39. The van der Waals surface area contributed by atoms with Gasteiger partial charge in [0.1, 0.15) is 5.82 Å². The summed E-state index contributed by atoms with van der Waals surface area (Å²) < 4.78 is 41.8. The predicted octanol–water partition coefficient (Wildman–Crippen LogP) is 5.26. The molecule has 0 aliphatic heterocycles. The van der Waals surface area contributed by atoms with E-state index in [1.807, 2.05) is 19.1 Å². The Hall–Kier alpha value is -2.81. The van der Waals surface area contributed by atoms with Crippen molar-refractivity contribution in [2.24, 2.45) is 5.92 Å². The number of halogens is 2. The maximum Gasteiger partial charge on any atom is 0.240 e. The molecule has 1 fully saturated rings. The van der Waals surface area contributed by atoms with Crippen molar-refractivity contribution in [3.05, 3.63) is 83.4 Å². The molecule has 35 heavy (non-hydrogen) atoms. The maximum absolute atomic E-state index is 13.1. The second-order valence-electron chi connectivity index (χ2n) is 8.83. The summed E-state index contributed by atoms with van der Waals surface area (Å²) in [5.74, 6) is -0.575. The molecule has 6 nitrogen and oxygen atoms in total. The van der Waals surface area contributed by atoms with Gasteiger partial charge in [0.2, 0.25) is 15.9 Å². The summed E-state index contributed by atoms with van der Waals surface area (Å²) in [7, 11) is -3.76. The van der Waals surface area contributed by atoms with Crippen molar-refractivity contribution in [1.82, 2.24) is 15.0 Å². The molecular weight excluding hydrogens is 489 g/mol. The van der Waals surface area contributed by atoms with Crippen LogP contribution in [0.1, 0.15) is 44.2 Å². The lowest BCUT2D eigenvalue weighted by molar-refractivity contribution is -0.126. The van der Waals surface area contributed by atoms with Crippen molar-refractivity contribution in [3.63, 3.8) is 0 Å². The molecule has 1 atom stereocenters. The Morgan fingerprint density at radius 2 is 1.69 bits per heavy atom. The Labute approximate surface area is 210 Å². The van der Waals surface area contributed by atoms with Gasteiger partial charge in [-0.3, -0.25) is 9.78 Å². The summed E-state index contributed by atoms with van der Waals surface area (Å²) in [6.45, 7) is 1.86. The molecule has 2 aromatic carbocycles. The van der Waals surface area contributed by atoms with Gasteiger partial charge < -0.3 is 5.32 Å². The van der Waals surface area contributed by atoms with Crippen LogP contribution >= 0.6 is 11.6 Å². The van der Waals surface area contributed by atoms with E-state index in [0.29, 0.717) is 30.7 Å². The molecule has 1 heterocycles. The molecule has 1 aliphatic carbocycles. The minimum Gasteiger partial charge on any atom is -0.349 e. The number of nitrogens with one attached hydrogen (secondary N) is 2. The second kappa shape index (κ2) is 10.8. The van der Waals surface area contributed by atoms with Gasteiger partial charge in [0.15, 0.2) is 0 Å². The Morgan fingerprint density at radius 1 is 1.03 bits per heavy atom. The van der Waals surface area contributed by atoms with Crippen molar-refractivity contribution in [2.75, 3.05) is 0 Å². The lowest BCUT2D eigenvalue weighted by Gasteiger charge is -2.29. The molecule has 1 aromatic heterocycles. The van der Waals surface area contributed by atoms with Gasteiger partial charge in [-0.2, -0.15) is 0 Å². The molecule has 3 aromatic rings. The van der Waals surface area contributed by atoms with Gasteiger partial charge in [-0.25, -0.2) is 17.5 Å². The van der Waals surface area contributed by atoms with E-state index in [-0.39, 0.29) is 34.6 Å². The second-order valence-corrected chi connectivity index (χ2v) is 11.0. The summed E-state index contributed by atoms with van der Waals surface area (Å²) in [6, 6.07) is 13.9. The van der Waals surface area contributed by atoms with Crippen LogP contribution in [0.3, 0.4) is 0 Å². The molecule has 0 radical (unpaired) electrons. The van der Waals surface area contributed by atoms with E-state index in [1.54, 1.807) is 36.7 Å². The zero-order valence-electron chi connectivity index (χ0n) is 19.2. The molecule has 4 rings (SSSR count). The van der Waals surface area contributed by atoms with Crippen LogP contribution in [0.5, 0.6) is 0 Å². The van der Waals surface area contributed by atoms with E-state index in [1.165, 1.54) is 18.2 Å². The van der Waals surface area contributed by atoms with Gasteiger partial charge >= 0.3 is 0 Å². The molecule has 9 heteroatoms. The van der Waals surface area contributed by atoms with Crippen LogP contribution in [-0.2, 0) is 14.8 Å². The molecule has 0 saturated heterocycles. The minimum absolute atomic E-state index is 0.0679. The normalized spacial score (nSPS) is 19.2. The Morgan fingerprint density at radius 3 is 2.31 bits per heavy atom. The standard InChI is InChI=1S/C26H27ClFN3O3S/c1-17(18-2-6-21(28)7-3-18)30-26(32)20-4-8-22(9-5-20)31-35(33,34)23-10-11-24(25(27)16-23)19-12-14-29-15-13-19/h2-3,6-7,10-17,20,22,31H,4-5,8-9H2,1H3,(H,30,32)/t17-,20-,22-/m1/s1. The highest BCUT2D eigenvalue weighted by atomic mass is 35.5. The van der Waals surface area contributed by atoms with Crippen molar-refractivity contribution in [1.29, 1.82) is 0 Å². The lowest BCUT2D eigenvalue weighted by Crippen LogP contribution is -2.41. The SMILES string of the molecule is C[C@@H](NC(=O)[C@H]1CC[C@H](NS(=O)(=O)c2ccc(-c3ccncc3)c(Cl)c2)CC1)c1ccc(F)cc1. The number of rotatable bonds is 7. The van der Waals surface area contributed by atoms with Crippen molar-refractivity contribution in [3.8, 4) is 11.1 Å². The summed E-state index contributed by atoms with van der Waals surface area (Å²) in [5, 5.41) is 3.32. The first-order valence-electron chi connectivity index (χ1n) is 11.5. The third-order valence-corrected chi connectivity index (χ3v) is 8.22. The van der Waals surface area contributed by atoms with Gasteiger partial charge in [0, 0.05) is 34.9 Å². The minimum atomic E-state index is -3.76. The fraction of sp³-hybridized carbons (Fsp3) is 0.308. The number of amides is 1. The van der Waals surface area contributed by atoms with E-state index >= 15 is 0 Å². The van der Waals surface area contributed by atoms with Crippen LogP contribution < -0.4 is 10.0 Å².